The Kier molecular flexibility index (Phi) is 6.95. The fourth-order valence-electron chi connectivity index (χ4n) is 4.82. The predicted molar refractivity (Wildman–Crippen MR) is 129 cm³/mol. The normalized spacial score (nSPS) is 22.4. The zero-order valence-corrected chi connectivity index (χ0v) is 20.4. The zero-order chi connectivity index (χ0) is 24.3. The Balaban J connectivity index is 1.73. The van der Waals surface area contributed by atoms with E-state index in [9.17, 15) is 18.0 Å². The first-order chi connectivity index (χ1) is 16.3. The third-order valence-electron chi connectivity index (χ3n) is 6.66. The quantitative estimate of drug-likeness (QED) is 0.679. The highest BCUT2D eigenvalue weighted by atomic mass is 32.2. The number of rotatable bonds is 6. The van der Waals surface area contributed by atoms with Crippen molar-refractivity contribution in [1.82, 2.24) is 9.62 Å². The van der Waals surface area contributed by atoms with Gasteiger partial charge in [-0.25, -0.2) is 8.42 Å². The fraction of sp³-hybridized carbons (Fsp3) is 0.440. The molecule has 9 heteroatoms. The van der Waals surface area contributed by atoms with Gasteiger partial charge in [0, 0.05) is 24.3 Å². The number of methoxy groups -OCH3 is 1. The fourth-order valence-corrected chi connectivity index (χ4v) is 6.32. The van der Waals surface area contributed by atoms with E-state index in [-0.39, 0.29) is 29.9 Å². The average molecular weight is 486 g/mol. The number of benzene rings is 2. The first-order valence-electron chi connectivity index (χ1n) is 11.6. The maximum Gasteiger partial charge on any atom is 0.247 e. The van der Waals surface area contributed by atoms with Crippen LogP contribution in [0.15, 0.2) is 59.5 Å². The van der Waals surface area contributed by atoms with Crippen LogP contribution in [0, 0.1) is 0 Å². The number of hydrogen-bond acceptors (Lipinski definition) is 5. The molecular weight excluding hydrogens is 454 g/mol. The van der Waals surface area contributed by atoms with Gasteiger partial charge in [0.15, 0.2) is 0 Å². The van der Waals surface area contributed by atoms with Gasteiger partial charge >= 0.3 is 0 Å². The van der Waals surface area contributed by atoms with Gasteiger partial charge in [0.1, 0.15) is 11.3 Å². The van der Waals surface area contributed by atoms with E-state index in [1.165, 1.54) is 24.1 Å². The Morgan fingerprint density at radius 2 is 1.76 bits per heavy atom. The first-order valence-corrected chi connectivity index (χ1v) is 13.0. The van der Waals surface area contributed by atoms with Crippen molar-refractivity contribution in [2.24, 2.45) is 0 Å². The standard InChI is InChI=1S/C25H31N3O5S/c1-25(24(30)26-19-10-5-3-6-11-19)18-27(34(31,32)22-14-7-4-8-15-22)17-23(29)28(25)20-12-9-13-21(16-20)33-2/h4,7-9,12-16,19H,3,5-6,10-11,17-18H2,1-2H3,(H,26,30)/t25-/m0/s1. The van der Waals surface area contributed by atoms with Gasteiger partial charge in [-0.15, -0.1) is 0 Å². The van der Waals surface area contributed by atoms with Crippen LogP contribution in [-0.4, -0.2) is 56.3 Å². The summed E-state index contributed by atoms with van der Waals surface area (Å²) in [6.45, 7) is 1.11. The van der Waals surface area contributed by atoms with Gasteiger partial charge in [-0.2, -0.15) is 4.31 Å². The SMILES string of the molecule is COc1cccc(N2C(=O)CN(S(=O)(=O)c3ccccc3)C[C@@]2(C)C(=O)NC2CCCCC2)c1. The summed E-state index contributed by atoms with van der Waals surface area (Å²) >= 11 is 0. The molecule has 0 unspecified atom stereocenters. The lowest BCUT2D eigenvalue weighted by Crippen LogP contribution is -2.70. The largest absolute Gasteiger partial charge is 0.497 e. The number of anilines is 1. The second-order valence-corrected chi connectivity index (χ2v) is 11.0. The predicted octanol–water partition coefficient (Wildman–Crippen LogP) is 2.94. The molecule has 2 aliphatic rings. The van der Waals surface area contributed by atoms with E-state index in [0.717, 1.165) is 36.4 Å². The molecule has 0 radical (unpaired) electrons. The molecule has 2 fully saturated rings. The molecule has 1 N–H and O–H groups in total. The van der Waals surface area contributed by atoms with Crippen LogP contribution in [0.5, 0.6) is 5.75 Å². The van der Waals surface area contributed by atoms with Gasteiger partial charge in [0.2, 0.25) is 21.8 Å². The second-order valence-electron chi connectivity index (χ2n) is 9.10. The van der Waals surface area contributed by atoms with Crippen molar-refractivity contribution in [2.45, 2.75) is 55.5 Å². The Morgan fingerprint density at radius 1 is 1.06 bits per heavy atom. The van der Waals surface area contributed by atoms with Crippen molar-refractivity contribution in [3.63, 3.8) is 0 Å². The van der Waals surface area contributed by atoms with Gasteiger partial charge < -0.3 is 10.1 Å². The Morgan fingerprint density at radius 3 is 2.44 bits per heavy atom. The van der Waals surface area contributed by atoms with Crippen LogP contribution in [0.2, 0.25) is 0 Å². The minimum absolute atomic E-state index is 0.0152. The van der Waals surface area contributed by atoms with Crippen molar-refractivity contribution in [3.8, 4) is 5.75 Å². The molecule has 0 spiro atoms. The molecule has 1 heterocycles. The number of carbonyl (C=O) groups is 2. The highest BCUT2D eigenvalue weighted by molar-refractivity contribution is 7.89. The van der Waals surface area contributed by atoms with Crippen molar-refractivity contribution < 1.29 is 22.7 Å². The smallest absolute Gasteiger partial charge is 0.247 e. The Bertz CT molecular complexity index is 1150. The van der Waals surface area contributed by atoms with Crippen LogP contribution >= 0.6 is 0 Å². The summed E-state index contributed by atoms with van der Waals surface area (Å²) in [5, 5.41) is 3.10. The molecule has 4 rings (SSSR count). The Labute approximate surface area is 200 Å². The zero-order valence-electron chi connectivity index (χ0n) is 19.6. The van der Waals surface area contributed by atoms with Crippen LogP contribution in [-0.2, 0) is 19.6 Å². The summed E-state index contributed by atoms with van der Waals surface area (Å²) in [5.74, 6) is -0.288. The van der Waals surface area contributed by atoms with Crippen molar-refractivity contribution in [2.75, 3.05) is 25.1 Å². The molecule has 182 valence electrons. The van der Waals surface area contributed by atoms with Crippen LogP contribution in [0.4, 0.5) is 5.69 Å². The molecule has 1 saturated heterocycles. The molecule has 1 aliphatic carbocycles. The molecular formula is C25H31N3O5S. The summed E-state index contributed by atoms with van der Waals surface area (Å²) in [4.78, 5) is 28.7. The molecule has 0 bridgehead atoms. The van der Waals surface area contributed by atoms with Crippen LogP contribution < -0.4 is 15.0 Å². The van der Waals surface area contributed by atoms with E-state index in [0.29, 0.717) is 11.4 Å². The molecule has 2 amide bonds. The number of sulfonamides is 1. The minimum atomic E-state index is -3.97. The van der Waals surface area contributed by atoms with Crippen LogP contribution in [0.3, 0.4) is 0 Å². The summed E-state index contributed by atoms with van der Waals surface area (Å²) in [7, 11) is -2.44. The molecule has 1 saturated carbocycles. The minimum Gasteiger partial charge on any atom is -0.497 e. The van der Waals surface area contributed by atoms with E-state index in [2.05, 4.69) is 5.32 Å². The lowest BCUT2D eigenvalue weighted by Gasteiger charge is -2.47. The number of hydrogen-bond donors (Lipinski definition) is 1. The number of amides is 2. The number of ether oxygens (including phenoxy) is 1. The molecule has 0 aromatic heterocycles. The molecule has 1 aliphatic heterocycles. The van der Waals surface area contributed by atoms with Gasteiger partial charge in [-0.3, -0.25) is 14.5 Å². The highest BCUT2D eigenvalue weighted by Crippen LogP contribution is 2.34. The van der Waals surface area contributed by atoms with E-state index < -0.39 is 21.5 Å². The molecule has 2 aromatic carbocycles. The van der Waals surface area contributed by atoms with Gasteiger partial charge in [0.25, 0.3) is 0 Å². The first kappa shape index (κ1) is 24.2. The Hall–Kier alpha value is -2.91. The topological polar surface area (TPSA) is 96.0 Å². The summed E-state index contributed by atoms with van der Waals surface area (Å²) in [6.07, 6.45) is 4.96. The molecule has 34 heavy (non-hydrogen) atoms. The van der Waals surface area contributed by atoms with E-state index in [4.69, 9.17) is 4.74 Å². The maximum atomic E-state index is 13.7. The number of piperazine rings is 1. The third-order valence-corrected chi connectivity index (χ3v) is 8.47. The van der Waals surface area contributed by atoms with Crippen molar-refractivity contribution >= 4 is 27.5 Å². The van der Waals surface area contributed by atoms with Gasteiger partial charge in [-0.05, 0) is 44.0 Å². The maximum absolute atomic E-state index is 13.7. The highest BCUT2D eigenvalue weighted by Gasteiger charge is 2.51. The lowest BCUT2D eigenvalue weighted by molar-refractivity contribution is -0.133. The van der Waals surface area contributed by atoms with Crippen LogP contribution in [0.25, 0.3) is 0 Å². The molecule has 2 aromatic rings. The van der Waals surface area contributed by atoms with E-state index in [1.807, 2.05) is 0 Å². The number of nitrogens with one attached hydrogen (secondary N) is 1. The monoisotopic (exact) mass is 485 g/mol. The lowest BCUT2D eigenvalue weighted by atomic mass is 9.91. The van der Waals surface area contributed by atoms with Gasteiger partial charge in [-0.1, -0.05) is 43.5 Å². The van der Waals surface area contributed by atoms with E-state index in [1.54, 1.807) is 49.4 Å². The molecule has 8 nitrogen and oxygen atoms in total. The van der Waals surface area contributed by atoms with E-state index >= 15 is 0 Å². The molecule has 1 atom stereocenters. The van der Waals surface area contributed by atoms with Crippen molar-refractivity contribution in [3.05, 3.63) is 54.6 Å². The summed E-state index contributed by atoms with van der Waals surface area (Å²) < 4.78 is 33.2. The van der Waals surface area contributed by atoms with Crippen LogP contribution in [0.1, 0.15) is 39.0 Å². The summed E-state index contributed by atoms with van der Waals surface area (Å²) in [5.41, 5.74) is -0.955. The number of carbonyl (C=O) groups excluding carboxylic acids is 2. The summed E-state index contributed by atoms with van der Waals surface area (Å²) in [6, 6.07) is 14.9. The average Bonchev–Trinajstić information content (AvgIpc) is 2.85. The third kappa shape index (κ3) is 4.67. The second kappa shape index (κ2) is 9.76. The van der Waals surface area contributed by atoms with Gasteiger partial charge in [0.05, 0.1) is 18.6 Å². The number of nitrogens with zero attached hydrogens (tertiary/aromatic N) is 2. The van der Waals surface area contributed by atoms with Crippen molar-refractivity contribution in [1.29, 1.82) is 0 Å².